The van der Waals surface area contributed by atoms with Crippen molar-refractivity contribution in [3.8, 4) is 11.4 Å². The van der Waals surface area contributed by atoms with Crippen LogP contribution in [0.3, 0.4) is 0 Å². The van der Waals surface area contributed by atoms with Crippen LogP contribution < -0.4 is 10.6 Å². The third kappa shape index (κ3) is 7.62. The normalized spacial score (nSPS) is 14.8. The maximum absolute atomic E-state index is 13.8. The van der Waals surface area contributed by atoms with Crippen molar-refractivity contribution in [3.63, 3.8) is 0 Å². The van der Waals surface area contributed by atoms with E-state index >= 15 is 0 Å². The number of rotatable bonds is 9. The summed E-state index contributed by atoms with van der Waals surface area (Å²) in [6.07, 6.45) is 1.33. The van der Waals surface area contributed by atoms with Crippen molar-refractivity contribution in [3.05, 3.63) is 65.7 Å². The van der Waals surface area contributed by atoms with Crippen molar-refractivity contribution >= 4 is 29.4 Å². The summed E-state index contributed by atoms with van der Waals surface area (Å²) >= 11 is 5.50. The van der Waals surface area contributed by atoms with E-state index in [1.807, 2.05) is 75.4 Å². The molecule has 1 aliphatic rings. The highest BCUT2D eigenvalue weighted by molar-refractivity contribution is 7.80. The number of hydrogen-bond donors (Lipinski definition) is 2. The first-order valence-electron chi connectivity index (χ1n) is 13.4. The van der Waals surface area contributed by atoms with E-state index in [0.29, 0.717) is 23.9 Å². The van der Waals surface area contributed by atoms with Crippen LogP contribution in [0.4, 0.5) is 4.79 Å². The standard InChI is InChI=1S/C29H36N6O4S/c1-19(2)39-25(36)29(18-28(3,4)5,31-26(40)30-27(37)38-17-20-9-7-6-8-10-20)22-13-11-21(12-14-22)24-32-34-35(33-24)23-15-16-23/h6-14,19,23H,15-18H2,1-5H3,(H2,30,31,37,40)/t29-/m1/s1. The molecule has 1 fully saturated rings. The van der Waals surface area contributed by atoms with Gasteiger partial charge in [-0.05, 0) is 67.1 Å². The molecule has 1 atom stereocenters. The molecule has 0 spiro atoms. The van der Waals surface area contributed by atoms with Crippen LogP contribution in [0, 0.1) is 5.41 Å². The van der Waals surface area contributed by atoms with Gasteiger partial charge in [-0.15, -0.1) is 10.2 Å². The fourth-order valence-electron chi connectivity index (χ4n) is 4.35. The molecule has 212 valence electrons. The first-order valence-corrected chi connectivity index (χ1v) is 13.8. The van der Waals surface area contributed by atoms with Crippen molar-refractivity contribution in [2.24, 2.45) is 5.41 Å². The Balaban J connectivity index is 1.59. The summed E-state index contributed by atoms with van der Waals surface area (Å²) in [5.41, 5.74) is 0.491. The Morgan fingerprint density at radius 1 is 1.07 bits per heavy atom. The molecule has 10 nitrogen and oxygen atoms in total. The van der Waals surface area contributed by atoms with Gasteiger partial charge in [-0.2, -0.15) is 4.80 Å². The molecule has 2 N–H and O–H groups in total. The molecule has 3 aromatic rings. The number of nitrogens with zero attached hydrogens (tertiary/aromatic N) is 4. The van der Waals surface area contributed by atoms with Gasteiger partial charge >= 0.3 is 12.1 Å². The van der Waals surface area contributed by atoms with Gasteiger partial charge in [0.05, 0.1) is 12.1 Å². The molecular formula is C29H36N6O4S. The van der Waals surface area contributed by atoms with Crippen molar-refractivity contribution < 1.29 is 19.1 Å². The van der Waals surface area contributed by atoms with Crippen LogP contribution in [0.1, 0.15) is 71.0 Å². The second-order valence-corrected chi connectivity index (χ2v) is 11.9. The maximum atomic E-state index is 13.8. The molecule has 40 heavy (non-hydrogen) atoms. The maximum Gasteiger partial charge on any atom is 0.413 e. The molecule has 0 radical (unpaired) electrons. The van der Waals surface area contributed by atoms with E-state index in [1.54, 1.807) is 18.6 Å². The van der Waals surface area contributed by atoms with Crippen LogP contribution in [-0.4, -0.2) is 43.5 Å². The monoisotopic (exact) mass is 564 g/mol. The topological polar surface area (TPSA) is 120 Å². The molecule has 1 saturated carbocycles. The van der Waals surface area contributed by atoms with Crippen molar-refractivity contribution in [2.75, 3.05) is 0 Å². The van der Waals surface area contributed by atoms with Gasteiger partial charge in [-0.3, -0.25) is 5.32 Å². The highest BCUT2D eigenvalue weighted by Crippen LogP contribution is 2.37. The third-order valence-corrected chi connectivity index (χ3v) is 6.38. The second-order valence-electron chi connectivity index (χ2n) is 11.5. The quantitative estimate of drug-likeness (QED) is 0.271. The van der Waals surface area contributed by atoms with Crippen LogP contribution in [0.15, 0.2) is 54.6 Å². The van der Waals surface area contributed by atoms with Gasteiger partial charge in [-0.25, -0.2) is 9.59 Å². The Hall–Kier alpha value is -3.86. The summed E-state index contributed by atoms with van der Waals surface area (Å²) in [5, 5.41) is 18.4. The summed E-state index contributed by atoms with van der Waals surface area (Å²) in [6.45, 7) is 9.71. The van der Waals surface area contributed by atoms with Crippen LogP contribution in [0.2, 0.25) is 0 Å². The largest absolute Gasteiger partial charge is 0.461 e. The Bertz CT molecular complexity index is 1330. The number of ether oxygens (including phenoxy) is 2. The molecule has 0 unspecified atom stereocenters. The Morgan fingerprint density at radius 2 is 1.75 bits per heavy atom. The highest BCUT2D eigenvalue weighted by Gasteiger charge is 2.46. The van der Waals surface area contributed by atoms with E-state index in [2.05, 4.69) is 26.0 Å². The first kappa shape index (κ1) is 29.1. The summed E-state index contributed by atoms with van der Waals surface area (Å²) in [6, 6.07) is 17.0. The Morgan fingerprint density at radius 3 is 2.35 bits per heavy atom. The van der Waals surface area contributed by atoms with E-state index in [-0.39, 0.29) is 23.2 Å². The Kier molecular flexibility index (Phi) is 8.82. The minimum absolute atomic E-state index is 0.0545. The lowest BCUT2D eigenvalue weighted by Crippen LogP contribution is -2.58. The first-order chi connectivity index (χ1) is 18.9. The lowest BCUT2D eigenvalue weighted by atomic mass is 9.75. The van der Waals surface area contributed by atoms with E-state index in [9.17, 15) is 9.59 Å². The molecule has 2 aromatic carbocycles. The number of esters is 1. The molecule has 4 rings (SSSR count). The van der Waals surface area contributed by atoms with Gasteiger partial charge < -0.3 is 14.8 Å². The smallest absolute Gasteiger partial charge is 0.413 e. The fraction of sp³-hybridized carbons (Fsp3) is 0.448. The van der Waals surface area contributed by atoms with Gasteiger partial charge in [0.15, 0.2) is 10.7 Å². The molecule has 11 heteroatoms. The molecule has 1 amide bonds. The van der Waals surface area contributed by atoms with Gasteiger partial charge in [0.1, 0.15) is 6.61 Å². The summed E-state index contributed by atoms with van der Waals surface area (Å²) < 4.78 is 11.1. The number of aromatic nitrogens is 4. The number of thiocarbonyl (C=S) groups is 1. The van der Waals surface area contributed by atoms with E-state index in [4.69, 9.17) is 21.7 Å². The molecular weight excluding hydrogens is 528 g/mol. The zero-order valence-electron chi connectivity index (χ0n) is 23.5. The number of carbonyl (C=O) groups is 2. The minimum Gasteiger partial charge on any atom is -0.461 e. The number of hydrogen-bond acceptors (Lipinski definition) is 8. The average molecular weight is 565 g/mol. The average Bonchev–Trinajstić information content (AvgIpc) is 3.62. The van der Waals surface area contributed by atoms with Crippen LogP contribution >= 0.6 is 12.2 Å². The zero-order valence-corrected chi connectivity index (χ0v) is 24.3. The SMILES string of the molecule is CC(C)OC(=O)[C@](CC(C)(C)C)(NC(=S)NC(=O)OCc1ccccc1)c1ccc(-c2nnn(C3CC3)n2)cc1. The second kappa shape index (κ2) is 12.1. The van der Waals surface area contributed by atoms with Gasteiger partial charge in [0.25, 0.3) is 0 Å². The number of tetrazole rings is 1. The number of amides is 1. The fourth-order valence-corrected chi connectivity index (χ4v) is 4.61. The molecule has 0 bridgehead atoms. The van der Waals surface area contributed by atoms with E-state index in [1.165, 1.54) is 0 Å². The van der Waals surface area contributed by atoms with Crippen LogP contribution in [0.25, 0.3) is 11.4 Å². The van der Waals surface area contributed by atoms with Gasteiger partial charge in [-0.1, -0.05) is 75.4 Å². The summed E-state index contributed by atoms with van der Waals surface area (Å²) in [4.78, 5) is 28.0. The Labute approximate surface area is 239 Å². The minimum atomic E-state index is -1.40. The molecule has 1 aromatic heterocycles. The van der Waals surface area contributed by atoms with Crippen LogP contribution in [-0.2, 0) is 26.4 Å². The lowest BCUT2D eigenvalue weighted by molar-refractivity contribution is -0.157. The van der Waals surface area contributed by atoms with Crippen molar-refractivity contribution in [2.45, 2.75) is 78.2 Å². The summed E-state index contributed by atoms with van der Waals surface area (Å²) in [5.74, 6) is 0.000664. The predicted molar refractivity (Wildman–Crippen MR) is 154 cm³/mol. The number of benzene rings is 2. The molecule has 0 saturated heterocycles. The predicted octanol–water partition coefficient (Wildman–Crippen LogP) is 5.06. The van der Waals surface area contributed by atoms with Gasteiger partial charge in [0, 0.05) is 5.56 Å². The number of alkyl carbamates (subject to hydrolysis) is 1. The van der Waals surface area contributed by atoms with Gasteiger partial charge in [0.2, 0.25) is 5.82 Å². The van der Waals surface area contributed by atoms with Crippen LogP contribution in [0.5, 0.6) is 0 Å². The third-order valence-electron chi connectivity index (χ3n) is 6.18. The van der Waals surface area contributed by atoms with Crippen molar-refractivity contribution in [1.82, 2.24) is 30.8 Å². The van der Waals surface area contributed by atoms with E-state index < -0.39 is 17.6 Å². The lowest BCUT2D eigenvalue weighted by Gasteiger charge is -2.39. The molecule has 0 aliphatic heterocycles. The summed E-state index contributed by atoms with van der Waals surface area (Å²) in [7, 11) is 0. The molecule has 1 heterocycles. The van der Waals surface area contributed by atoms with E-state index in [0.717, 1.165) is 24.0 Å². The highest BCUT2D eigenvalue weighted by atomic mass is 32.1. The molecule has 1 aliphatic carbocycles. The number of nitrogens with one attached hydrogen (secondary N) is 2. The van der Waals surface area contributed by atoms with Crippen molar-refractivity contribution in [1.29, 1.82) is 0 Å². The number of carbonyl (C=O) groups excluding carboxylic acids is 2. The zero-order chi connectivity index (χ0) is 28.9.